The SMILES string of the molecule is CN(C)c1ccnc(N(C)[C@@H]2COC[C@H]2F)n1. The summed E-state index contributed by atoms with van der Waals surface area (Å²) >= 11 is 0. The van der Waals surface area contributed by atoms with E-state index in [2.05, 4.69) is 9.97 Å². The van der Waals surface area contributed by atoms with Crippen LogP contribution in [0.5, 0.6) is 0 Å². The molecule has 0 aromatic carbocycles. The highest BCUT2D eigenvalue weighted by atomic mass is 19.1. The molecule has 1 saturated heterocycles. The van der Waals surface area contributed by atoms with Crippen LogP contribution in [0.4, 0.5) is 16.2 Å². The first-order valence-corrected chi connectivity index (χ1v) is 5.54. The second-order valence-electron chi connectivity index (χ2n) is 4.34. The summed E-state index contributed by atoms with van der Waals surface area (Å²) in [7, 11) is 5.60. The summed E-state index contributed by atoms with van der Waals surface area (Å²) in [6.45, 7) is 0.537. The van der Waals surface area contributed by atoms with E-state index in [1.165, 1.54) is 0 Å². The summed E-state index contributed by atoms with van der Waals surface area (Å²) in [5, 5.41) is 0. The molecule has 2 rings (SSSR count). The van der Waals surface area contributed by atoms with Crippen LogP contribution in [0.15, 0.2) is 12.3 Å². The summed E-state index contributed by atoms with van der Waals surface area (Å²) in [5.74, 6) is 1.32. The number of rotatable bonds is 3. The van der Waals surface area contributed by atoms with E-state index in [1.54, 1.807) is 18.1 Å². The van der Waals surface area contributed by atoms with Crippen molar-refractivity contribution in [2.24, 2.45) is 0 Å². The van der Waals surface area contributed by atoms with Crippen molar-refractivity contribution in [2.45, 2.75) is 12.2 Å². The standard InChI is InChI=1S/C11H17FN4O/c1-15(2)10-4-5-13-11(14-10)16(3)9-7-17-6-8(9)12/h4-5,8-9H,6-7H2,1-3H3/t8-,9-/m1/s1. The molecule has 0 saturated carbocycles. The molecule has 17 heavy (non-hydrogen) atoms. The summed E-state index contributed by atoms with van der Waals surface area (Å²) in [6.07, 6.45) is 0.698. The number of aromatic nitrogens is 2. The highest BCUT2D eigenvalue weighted by Gasteiger charge is 2.32. The molecule has 2 heterocycles. The molecule has 1 fully saturated rings. The number of hydrogen-bond donors (Lipinski definition) is 0. The van der Waals surface area contributed by atoms with Gasteiger partial charge >= 0.3 is 0 Å². The van der Waals surface area contributed by atoms with E-state index in [-0.39, 0.29) is 12.6 Å². The van der Waals surface area contributed by atoms with Gasteiger partial charge in [-0.25, -0.2) is 9.37 Å². The van der Waals surface area contributed by atoms with Gasteiger partial charge in [0.15, 0.2) is 0 Å². The Hall–Kier alpha value is -1.43. The Bertz CT molecular complexity index is 387. The van der Waals surface area contributed by atoms with Gasteiger partial charge in [0.05, 0.1) is 19.3 Å². The highest BCUT2D eigenvalue weighted by Crippen LogP contribution is 2.20. The summed E-state index contributed by atoms with van der Waals surface area (Å²) in [6, 6.07) is 1.52. The number of alkyl halides is 1. The number of nitrogens with zero attached hydrogens (tertiary/aromatic N) is 4. The van der Waals surface area contributed by atoms with E-state index in [4.69, 9.17) is 4.74 Å². The number of halogens is 1. The second-order valence-corrected chi connectivity index (χ2v) is 4.34. The zero-order chi connectivity index (χ0) is 12.4. The minimum Gasteiger partial charge on any atom is -0.376 e. The Kier molecular flexibility index (Phi) is 3.42. The molecular weight excluding hydrogens is 223 g/mol. The summed E-state index contributed by atoms with van der Waals surface area (Å²) in [4.78, 5) is 12.2. The number of ether oxygens (including phenoxy) is 1. The molecule has 0 bridgehead atoms. The Balaban J connectivity index is 2.18. The number of anilines is 2. The molecule has 2 atom stereocenters. The maximum Gasteiger partial charge on any atom is 0.227 e. The van der Waals surface area contributed by atoms with E-state index < -0.39 is 6.17 Å². The molecule has 0 amide bonds. The molecule has 6 heteroatoms. The molecule has 0 unspecified atom stereocenters. The monoisotopic (exact) mass is 240 g/mol. The minimum absolute atomic E-state index is 0.155. The van der Waals surface area contributed by atoms with Crippen molar-refractivity contribution < 1.29 is 9.13 Å². The van der Waals surface area contributed by atoms with Gasteiger partial charge in [0, 0.05) is 27.3 Å². The normalized spacial score (nSPS) is 23.8. The van der Waals surface area contributed by atoms with Crippen molar-refractivity contribution in [1.29, 1.82) is 0 Å². The van der Waals surface area contributed by atoms with Gasteiger partial charge in [-0.3, -0.25) is 0 Å². The zero-order valence-electron chi connectivity index (χ0n) is 10.3. The van der Waals surface area contributed by atoms with E-state index >= 15 is 0 Å². The fourth-order valence-electron chi connectivity index (χ4n) is 1.78. The fraction of sp³-hybridized carbons (Fsp3) is 0.636. The van der Waals surface area contributed by atoms with Crippen molar-refractivity contribution in [3.63, 3.8) is 0 Å². The van der Waals surface area contributed by atoms with Gasteiger partial charge in [-0.1, -0.05) is 0 Å². The average Bonchev–Trinajstić information content (AvgIpc) is 2.74. The van der Waals surface area contributed by atoms with Crippen LogP contribution in [0.25, 0.3) is 0 Å². The third-order valence-corrected chi connectivity index (χ3v) is 2.88. The Morgan fingerprint density at radius 2 is 2.12 bits per heavy atom. The van der Waals surface area contributed by atoms with Crippen molar-refractivity contribution in [3.05, 3.63) is 12.3 Å². The van der Waals surface area contributed by atoms with Crippen LogP contribution in [0.2, 0.25) is 0 Å². The van der Waals surface area contributed by atoms with Crippen molar-refractivity contribution >= 4 is 11.8 Å². The molecule has 1 aromatic heterocycles. The lowest BCUT2D eigenvalue weighted by Crippen LogP contribution is -2.39. The van der Waals surface area contributed by atoms with Gasteiger partial charge < -0.3 is 14.5 Å². The topological polar surface area (TPSA) is 41.5 Å². The highest BCUT2D eigenvalue weighted by molar-refractivity contribution is 5.42. The second kappa shape index (κ2) is 4.83. The van der Waals surface area contributed by atoms with Crippen LogP contribution < -0.4 is 9.80 Å². The first-order chi connectivity index (χ1) is 8.09. The largest absolute Gasteiger partial charge is 0.376 e. The van der Waals surface area contributed by atoms with E-state index in [0.717, 1.165) is 5.82 Å². The Morgan fingerprint density at radius 1 is 1.35 bits per heavy atom. The lowest BCUT2D eigenvalue weighted by atomic mass is 10.2. The first kappa shape index (κ1) is 12.0. The van der Waals surface area contributed by atoms with Crippen LogP contribution >= 0.6 is 0 Å². The van der Waals surface area contributed by atoms with Crippen LogP contribution in [0.1, 0.15) is 0 Å². The lowest BCUT2D eigenvalue weighted by molar-refractivity contribution is 0.173. The molecule has 1 aliphatic heterocycles. The van der Waals surface area contributed by atoms with Gasteiger partial charge in [0.1, 0.15) is 12.0 Å². The molecule has 94 valence electrons. The van der Waals surface area contributed by atoms with Crippen molar-refractivity contribution in [2.75, 3.05) is 44.2 Å². The smallest absolute Gasteiger partial charge is 0.227 e. The van der Waals surface area contributed by atoms with E-state index in [0.29, 0.717) is 12.6 Å². The zero-order valence-corrected chi connectivity index (χ0v) is 10.3. The van der Waals surface area contributed by atoms with Crippen LogP contribution in [0.3, 0.4) is 0 Å². The maximum absolute atomic E-state index is 13.6. The number of likely N-dealkylation sites (N-methyl/N-ethyl adjacent to an activating group) is 1. The van der Waals surface area contributed by atoms with Crippen LogP contribution in [0, 0.1) is 0 Å². The quantitative estimate of drug-likeness (QED) is 0.778. The fourth-order valence-corrected chi connectivity index (χ4v) is 1.78. The molecule has 0 aliphatic carbocycles. The summed E-state index contributed by atoms with van der Waals surface area (Å²) < 4.78 is 18.7. The third kappa shape index (κ3) is 2.46. The number of hydrogen-bond acceptors (Lipinski definition) is 5. The first-order valence-electron chi connectivity index (χ1n) is 5.54. The molecule has 1 aliphatic rings. The van der Waals surface area contributed by atoms with Gasteiger partial charge in [-0.05, 0) is 6.07 Å². The van der Waals surface area contributed by atoms with Crippen molar-refractivity contribution in [3.8, 4) is 0 Å². The molecule has 5 nitrogen and oxygen atoms in total. The van der Waals surface area contributed by atoms with Gasteiger partial charge in [-0.2, -0.15) is 4.98 Å². The molecule has 0 spiro atoms. The van der Waals surface area contributed by atoms with Crippen LogP contribution in [-0.4, -0.2) is 56.5 Å². The predicted octanol–water partition coefficient (Wildman–Crippen LogP) is 0.716. The van der Waals surface area contributed by atoms with Gasteiger partial charge in [0.2, 0.25) is 5.95 Å². The van der Waals surface area contributed by atoms with E-state index in [1.807, 2.05) is 25.1 Å². The van der Waals surface area contributed by atoms with Crippen molar-refractivity contribution in [1.82, 2.24) is 9.97 Å². The molecule has 0 radical (unpaired) electrons. The maximum atomic E-state index is 13.6. The van der Waals surface area contributed by atoms with E-state index in [9.17, 15) is 4.39 Å². The van der Waals surface area contributed by atoms with Gasteiger partial charge in [0.25, 0.3) is 0 Å². The molecule has 1 aromatic rings. The Labute approximate surface area is 100 Å². The predicted molar refractivity (Wildman–Crippen MR) is 64.3 cm³/mol. The van der Waals surface area contributed by atoms with Gasteiger partial charge in [-0.15, -0.1) is 0 Å². The summed E-state index contributed by atoms with van der Waals surface area (Å²) in [5.41, 5.74) is 0. The third-order valence-electron chi connectivity index (χ3n) is 2.88. The minimum atomic E-state index is -0.980. The average molecular weight is 240 g/mol. The lowest BCUT2D eigenvalue weighted by Gasteiger charge is -2.25. The van der Waals surface area contributed by atoms with Crippen LogP contribution in [-0.2, 0) is 4.74 Å². The molecule has 0 N–H and O–H groups in total. The Morgan fingerprint density at radius 3 is 2.71 bits per heavy atom. The molecular formula is C11H17FN4O.